The fourth-order valence-corrected chi connectivity index (χ4v) is 3.78. The molecule has 142 valence electrons. The number of hydrogen-bond donors (Lipinski definition) is 1. The fourth-order valence-electron chi connectivity index (χ4n) is 3.78. The summed E-state index contributed by atoms with van der Waals surface area (Å²) < 4.78 is 0. The Kier molecular flexibility index (Phi) is 6.07. The summed E-state index contributed by atoms with van der Waals surface area (Å²) in [5, 5.41) is 3.21. The summed E-state index contributed by atoms with van der Waals surface area (Å²) in [4.78, 5) is 28.2. The molecule has 0 unspecified atom stereocenters. The van der Waals surface area contributed by atoms with Gasteiger partial charge in [-0.3, -0.25) is 9.59 Å². The maximum Gasteiger partial charge on any atom is 0.254 e. The van der Waals surface area contributed by atoms with Crippen LogP contribution >= 0.6 is 0 Å². The van der Waals surface area contributed by atoms with Gasteiger partial charge in [0.1, 0.15) is 0 Å². The van der Waals surface area contributed by atoms with Gasteiger partial charge in [0.15, 0.2) is 5.78 Å². The van der Waals surface area contributed by atoms with Crippen LogP contribution in [0.25, 0.3) is 0 Å². The van der Waals surface area contributed by atoms with Crippen LogP contribution in [0.3, 0.4) is 0 Å². The van der Waals surface area contributed by atoms with Crippen LogP contribution in [0.1, 0.15) is 50.2 Å². The third kappa shape index (κ3) is 4.28. The predicted molar refractivity (Wildman–Crippen MR) is 108 cm³/mol. The van der Waals surface area contributed by atoms with Gasteiger partial charge in [-0.2, -0.15) is 0 Å². The Bertz CT molecular complexity index is 842. The molecular formula is C23H28N2O2. The van der Waals surface area contributed by atoms with Gasteiger partial charge in [0, 0.05) is 24.2 Å². The first-order valence-electron chi connectivity index (χ1n) is 9.66. The van der Waals surface area contributed by atoms with Crippen molar-refractivity contribution in [3.8, 4) is 0 Å². The van der Waals surface area contributed by atoms with Crippen molar-refractivity contribution in [1.29, 1.82) is 0 Å². The van der Waals surface area contributed by atoms with Gasteiger partial charge in [0.25, 0.3) is 5.91 Å². The minimum absolute atomic E-state index is 0.0383. The van der Waals surface area contributed by atoms with Gasteiger partial charge in [-0.15, -0.1) is 0 Å². The van der Waals surface area contributed by atoms with E-state index < -0.39 is 0 Å². The average Bonchev–Trinajstić information content (AvgIpc) is 2.69. The van der Waals surface area contributed by atoms with Gasteiger partial charge >= 0.3 is 0 Å². The molecule has 1 heterocycles. The fraction of sp³-hybridized carbons (Fsp3) is 0.391. The van der Waals surface area contributed by atoms with Crippen LogP contribution in [0.4, 0.5) is 0 Å². The SMILES string of the molecule is CNC[C@@H]1CCCN(C(=O)c2ccccc2C(=O)c2ccc(C)c(C)c2)C1. The zero-order valence-electron chi connectivity index (χ0n) is 16.4. The van der Waals surface area contributed by atoms with E-state index in [0.29, 0.717) is 22.6 Å². The van der Waals surface area contributed by atoms with E-state index in [0.717, 1.165) is 43.6 Å². The number of carbonyl (C=O) groups excluding carboxylic acids is 2. The van der Waals surface area contributed by atoms with E-state index in [2.05, 4.69) is 5.32 Å². The Morgan fingerprint density at radius 1 is 1.07 bits per heavy atom. The summed E-state index contributed by atoms with van der Waals surface area (Å²) in [5.74, 6) is 0.338. The Morgan fingerprint density at radius 2 is 1.81 bits per heavy atom. The largest absolute Gasteiger partial charge is 0.338 e. The highest BCUT2D eigenvalue weighted by molar-refractivity contribution is 6.15. The molecule has 0 aliphatic carbocycles. The molecule has 0 radical (unpaired) electrons. The molecule has 2 aromatic rings. The van der Waals surface area contributed by atoms with Crippen molar-refractivity contribution in [3.63, 3.8) is 0 Å². The number of nitrogens with one attached hydrogen (secondary N) is 1. The second-order valence-corrected chi connectivity index (χ2v) is 7.49. The first kappa shape index (κ1) is 19.3. The van der Waals surface area contributed by atoms with E-state index in [4.69, 9.17) is 0 Å². The predicted octanol–water partition coefficient (Wildman–Crippen LogP) is 3.61. The smallest absolute Gasteiger partial charge is 0.254 e. The number of amides is 1. The van der Waals surface area contributed by atoms with E-state index >= 15 is 0 Å². The quantitative estimate of drug-likeness (QED) is 0.825. The van der Waals surface area contributed by atoms with Crippen molar-refractivity contribution in [2.75, 3.05) is 26.7 Å². The van der Waals surface area contributed by atoms with Crippen molar-refractivity contribution in [2.45, 2.75) is 26.7 Å². The molecule has 1 atom stereocenters. The average molecular weight is 364 g/mol. The van der Waals surface area contributed by atoms with Crippen molar-refractivity contribution < 1.29 is 9.59 Å². The van der Waals surface area contributed by atoms with Gasteiger partial charge in [-0.25, -0.2) is 0 Å². The highest BCUT2D eigenvalue weighted by atomic mass is 16.2. The molecule has 1 fully saturated rings. The summed E-state index contributed by atoms with van der Waals surface area (Å²) in [6, 6.07) is 12.9. The van der Waals surface area contributed by atoms with Gasteiger partial charge in [-0.1, -0.05) is 30.3 Å². The van der Waals surface area contributed by atoms with Gasteiger partial charge in [0.05, 0.1) is 5.56 Å². The van der Waals surface area contributed by atoms with Gasteiger partial charge < -0.3 is 10.2 Å². The lowest BCUT2D eigenvalue weighted by molar-refractivity contribution is 0.0671. The van der Waals surface area contributed by atoms with E-state index in [9.17, 15) is 9.59 Å². The highest BCUT2D eigenvalue weighted by Crippen LogP contribution is 2.22. The lowest BCUT2D eigenvalue weighted by atomic mass is 9.94. The number of nitrogens with zero attached hydrogens (tertiary/aromatic N) is 1. The molecule has 0 bridgehead atoms. The van der Waals surface area contributed by atoms with Crippen LogP contribution in [-0.4, -0.2) is 43.3 Å². The number of likely N-dealkylation sites (tertiary alicyclic amines) is 1. The summed E-state index contributed by atoms with van der Waals surface area (Å²) in [7, 11) is 1.94. The number of aryl methyl sites for hydroxylation is 2. The molecule has 1 N–H and O–H groups in total. The molecule has 3 rings (SSSR count). The van der Waals surface area contributed by atoms with Crippen molar-refractivity contribution in [1.82, 2.24) is 10.2 Å². The van der Waals surface area contributed by atoms with Crippen molar-refractivity contribution in [3.05, 3.63) is 70.3 Å². The second-order valence-electron chi connectivity index (χ2n) is 7.49. The highest BCUT2D eigenvalue weighted by Gasteiger charge is 2.27. The van der Waals surface area contributed by atoms with Crippen LogP contribution in [-0.2, 0) is 0 Å². The third-order valence-corrected chi connectivity index (χ3v) is 5.47. The minimum Gasteiger partial charge on any atom is -0.338 e. The monoisotopic (exact) mass is 364 g/mol. The minimum atomic E-state index is -0.0918. The van der Waals surface area contributed by atoms with E-state index in [1.165, 1.54) is 0 Å². The normalized spacial score (nSPS) is 17.0. The Labute approximate surface area is 161 Å². The van der Waals surface area contributed by atoms with Crippen LogP contribution in [0.5, 0.6) is 0 Å². The molecule has 4 nitrogen and oxygen atoms in total. The first-order chi connectivity index (χ1) is 13.0. The summed E-state index contributed by atoms with van der Waals surface area (Å²) in [6.45, 7) is 6.43. The number of rotatable bonds is 5. The van der Waals surface area contributed by atoms with Crippen LogP contribution < -0.4 is 5.32 Å². The van der Waals surface area contributed by atoms with Crippen LogP contribution in [0, 0.1) is 19.8 Å². The van der Waals surface area contributed by atoms with Crippen LogP contribution in [0.15, 0.2) is 42.5 Å². The lowest BCUT2D eigenvalue weighted by Crippen LogP contribution is -2.42. The van der Waals surface area contributed by atoms with Gasteiger partial charge in [-0.05, 0) is 69.5 Å². The first-order valence-corrected chi connectivity index (χ1v) is 9.66. The topological polar surface area (TPSA) is 49.4 Å². The lowest BCUT2D eigenvalue weighted by Gasteiger charge is -2.33. The Morgan fingerprint density at radius 3 is 2.52 bits per heavy atom. The van der Waals surface area contributed by atoms with E-state index in [1.54, 1.807) is 12.1 Å². The van der Waals surface area contributed by atoms with Crippen LogP contribution in [0.2, 0.25) is 0 Å². The molecule has 2 aromatic carbocycles. The molecule has 27 heavy (non-hydrogen) atoms. The zero-order valence-corrected chi connectivity index (χ0v) is 16.4. The second kappa shape index (κ2) is 8.49. The number of benzene rings is 2. The molecule has 1 aliphatic rings. The number of hydrogen-bond acceptors (Lipinski definition) is 3. The van der Waals surface area contributed by atoms with E-state index in [1.807, 2.05) is 56.1 Å². The summed E-state index contributed by atoms with van der Waals surface area (Å²) >= 11 is 0. The maximum absolute atomic E-state index is 13.2. The van der Waals surface area contributed by atoms with Crippen molar-refractivity contribution in [2.24, 2.45) is 5.92 Å². The number of carbonyl (C=O) groups is 2. The summed E-state index contributed by atoms with van der Waals surface area (Å²) in [6.07, 6.45) is 2.14. The van der Waals surface area contributed by atoms with Gasteiger partial charge in [0.2, 0.25) is 0 Å². The third-order valence-electron chi connectivity index (χ3n) is 5.47. The molecule has 1 saturated heterocycles. The zero-order chi connectivity index (χ0) is 19.4. The molecule has 4 heteroatoms. The Balaban J connectivity index is 1.88. The molecule has 0 spiro atoms. The maximum atomic E-state index is 13.2. The van der Waals surface area contributed by atoms with E-state index in [-0.39, 0.29) is 11.7 Å². The molecule has 0 aromatic heterocycles. The standard InChI is InChI=1S/C23H28N2O2/c1-16-10-11-19(13-17(16)2)22(26)20-8-4-5-9-21(20)23(27)25-12-6-7-18(15-25)14-24-3/h4-5,8-11,13,18,24H,6-7,12,14-15H2,1-3H3/t18-/m0/s1. The summed E-state index contributed by atoms with van der Waals surface area (Å²) in [5.41, 5.74) is 3.85. The number of piperidine rings is 1. The molecule has 1 aliphatic heterocycles. The molecular weight excluding hydrogens is 336 g/mol. The van der Waals surface area contributed by atoms with Crippen molar-refractivity contribution >= 4 is 11.7 Å². The molecule has 0 saturated carbocycles. The molecule has 1 amide bonds. The number of ketones is 1. The Hall–Kier alpha value is -2.46.